The lowest BCUT2D eigenvalue weighted by Crippen LogP contribution is -2.38. The number of nitrogens with zero attached hydrogens (tertiary/aromatic N) is 1. The smallest absolute Gasteiger partial charge is 0.190 e. The fourth-order valence-corrected chi connectivity index (χ4v) is 2.21. The van der Waals surface area contributed by atoms with E-state index in [1.807, 2.05) is 6.92 Å². The third-order valence-corrected chi connectivity index (χ3v) is 3.52. The number of allylic oxidation sites excluding steroid dienone is 1. The van der Waals surface area contributed by atoms with E-state index < -0.39 is 0 Å². The van der Waals surface area contributed by atoms with E-state index in [9.17, 15) is 0 Å². The minimum atomic E-state index is 0.688. The minimum Gasteiger partial charge on any atom is -0.381 e. The summed E-state index contributed by atoms with van der Waals surface area (Å²) in [7, 11) is 1.80. The van der Waals surface area contributed by atoms with Crippen molar-refractivity contribution in [1.29, 1.82) is 0 Å². The van der Waals surface area contributed by atoms with Gasteiger partial charge in [-0.05, 0) is 38.5 Å². The number of nitrogens with one attached hydrogen (secondary N) is 2. The molecule has 0 aromatic heterocycles. The first-order chi connectivity index (χ1) is 10.4. The van der Waals surface area contributed by atoms with Crippen LogP contribution in [0.15, 0.2) is 17.1 Å². The molecule has 122 valence electrons. The van der Waals surface area contributed by atoms with Crippen LogP contribution >= 0.6 is 0 Å². The molecule has 0 unspecified atom stereocenters. The quantitative estimate of drug-likeness (QED) is 0.296. The Hall–Kier alpha value is -1.07. The highest BCUT2D eigenvalue weighted by Gasteiger charge is 2.13. The van der Waals surface area contributed by atoms with Crippen molar-refractivity contribution < 1.29 is 9.47 Å². The molecule has 0 radical (unpaired) electrons. The Balaban J connectivity index is 1.94. The zero-order valence-electron chi connectivity index (χ0n) is 13.6. The molecule has 1 aliphatic rings. The van der Waals surface area contributed by atoms with Crippen LogP contribution in [0.4, 0.5) is 0 Å². The van der Waals surface area contributed by atoms with Crippen LogP contribution in [0.25, 0.3) is 0 Å². The second-order valence-corrected chi connectivity index (χ2v) is 5.27. The third-order valence-electron chi connectivity index (χ3n) is 3.52. The van der Waals surface area contributed by atoms with Crippen molar-refractivity contribution >= 4 is 5.96 Å². The maximum absolute atomic E-state index is 5.74. The van der Waals surface area contributed by atoms with Crippen molar-refractivity contribution in [3.63, 3.8) is 0 Å². The van der Waals surface area contributed by atoms with E-state index in [0.717, 1.165) is 71.2 Å². The van der Waals surface area contributed by atoms with Gasteiger partial charge in [-0.1, -0.05) is 12.2 Å². The predicted octanol–water partition coefficient (Wildman–Crippen LogP) is 1.95. The van der Waals surface area contributed by atoms with Crippen LogP contribution in [0.2, 0.25) is 0 Å². The van der Waals surface area contributed by atoms with E-state index in [2.05, 4.69) is 27.8 Å². The highest BCUT2D eigenvalue weighted by atomic mass is 16.5. The third kappa shape index (κ3) is 9.47. The van der Waals surface area contributed by atoms with E-state index in [1.54, 1.807) is 7.05 Å². The number of hydrogen-bond donors (Lipinski definition) is 2. The molecule has 0 aliphatic carbocycles. The molecule has 5 heteroatoms. The van der Waals surface area contributed by atoms with Gasteiger partial charge in [0.05, 0.1) is 0 Å². The first-order valence-electron chi connectivity index (χ1n) is 8.08. The van der Waals surface area contributed by atoms with E-state index in [-0.39, 0.29) is 0 Å². The molecule has 1 aliphatic heterocycles. The molecule has 2 N–H and O–H groups in total. The average Bonchev–Trinajstić information content (AvgIpc) is 2.53. The second kappa shape index (κ2) is 12.7. The summed E-state index contributed by atoms with van der Waals surface area (Å²) in [6.07, 6.45) is 8.50. The van der Waals surface area contributed by atoms with Crippen LogP contribution in [0.5, 0.6) is 0 Å². The molecule has 0 amide bonds. The molecule has 0 atom stereocenters. The lowest BCUT2D eigenvalue weighted by atomic mass is 10.0. The number of rotatable bonds is 9. The molecule has 0 saturated carbocycles. The Morgan fingerprint density at radius 2 is 2.05 bits per heavy atom. The van der Waals surface area contributed by atoms with Crippen LogP contribution in [0.3, 0.4) is 0 Å². The maximum Gasteiger partial charge on any atom is 0.190 e. The maximum atomic E-state index is 5.74. The van der Waals surface area contributed by atoms with Crippen molar-refractivity contribution in [1.82, 2.24) is 10.6 Å². The van der Waals surface area contributed by atoms with Gasteiger partial charge in [0.2, 0.25) is 0 Å². The van der Waals surface area contributed by atoms with Crippen molar-refractivity contribution in [2.24, 2.45) is 10.9 Å². The fourth-order valence-electron chi connectivity index (χ4n) is 2.21. The summed E-state index contributed by atoms with van der Waals surface area (Å²) in [4.78, 5) is 4.19. The van der Waals surface area contributed by atoms with Crippen molar-refractivity contribution in [2.75, 3.05) is 46.6 Å². The van der Waals surface area contributed by atoms with E-state index >= 15 is 0 Å². The van der Waals surface area contributed by atoms with Gasteiger partial charge in [0.25, 0.3) is 0 Å². The molecule has 21 heavy (non-hydrogen) atoms. The molecule has 0 aromatic carbocycles. The molecule has 1 saturated heterocycles. The number of ether oxygens (including phenoxy) is 2. The highest BCUT2D eigenvalue weighted by Crippen LogP contribution is 2.14. The summed E-state index contributed by atoms with van der Waals surface area (Å²) in [5, 5.41) is 6.58. The van der Waals surface area contributed by atoms with Gasteiger partial charge in [-0.15, -0.1) is 0 Å². The van der Waals surface area contributed by atoms with Crippen molar-refractivity contribution in [3.8, 4) is 0 Å². The molecule has 5 nitrogen and oxygen atoms in total. The number of aliphatic imine (C=N–C) groups is 1. The largest absolute Gasteiger partial charge is 0.381 e. The first-order valence-corrected chi connectivity index (χ1v) is 8.08. The van der Waals surface area contributed by atoms with Crippen molar-refractivity contribution in [2.45, 2.75) is 32.6 Å². The normalized spacial score (nSPS) is 17.3. The van der Waals surface area contributed by atoms with Crippen LogP contribution in [0, 0.1) is 5.92 Å². The Kier molecular flexibility index (Phi) is 10.8. The van der Waals surface area contributed by atoms with Gasteiger partial charge in [-0.3, -0.25) is 4.99 Å². The average molecular weight is 297 g/mol. The summed E-state index contributed by atoms with van der Waals surface area (Å²) in [6.45, 7) is 7.30. The zero-order chi connectivity index (χ0) is 15.2. The SMILES string of the molecule is C/C=C/CCNC(=NC)NCCCOCC1CCOCC1. The Morgan fingerprint density at radius 1 is 1.29 bits per heavy atom. The second-order valence-electron chi connectivity index (χ2n) is 5.27. The van der Waals surface area contributed by atoms with Gasteiger partial charge < -0.3 is 20.1 Å². The summed E-state index contributed by atoms with van der Waals surface area (Å²) in [6, 6.07) is 0. The molecule has 0 aromatic rings. The van der Waals surface area contributed by atoms with Gasteiger partial charge >= 0.3 is 0 Å². The van der Waals surface area contributed by atoms with Gasteiger partial charge in [0, 0.05) is 46.6 Å². The number of hydrogen-bond acceptors (Lipinski definition) is 3. The van der Waals surface area contributed by atoms with Gasteiger partial charge in [-0.2, -0.15) is 0 Å². The standard InChI is InChI=1S/C16H31N3O2/c1-3-4-5-9-18-16(17-2)19-10-6-11-21-14-15-7-12-20-13-8-15/h3-4,15H,5-14H2,1-2H3,(H2,17,18,19)/b4-3+. The Morgan fingerprint density at radius 3 is 2.76 bits per heavy atom. The summed E-state index contributed by atoms with van der Waals surface area (Å²) >= 11 is 0. The van der Waals surface area contributed by atoms with Gasteiger partial charge in [-0.25, -0.2) is 0 Å². The van der Waals surface area contributed by atoms with Crippen LogP contribution in [-0.4, -0.2) is 52.5 Å². The van der Waals surface area contributed by atoms with Gasteiger partial charge in [0.15, 0.2) is 5.96 Å². The molecule has 0 bridgehead atoms. The van der Waals surface area contributed by atoms with E-state index in [0.29, 0.717) is 5.92 Å². The van der Waals surface area contributed by atoms with E-state index in [4.69, 9.17) is 9.47 Å². The molecular formula is C16H31N3O2. The molecule has 1 heterocycles. The lowest BCUT2D eigenvalue weighted by Gasteiger charge is -2.21. The summed E-state index contributed by atoms with van der Waals surface area (Å²) in [5.74, 6) is 1.55. The van der Waals surface area contributed by atoms with Crippen LogP contribution in [-0.2, 0) is 9.47 Å². The summed E-state index contributed by atoms with van der Waals surface area (Å²) in [5.41, 5.74) is 0. The minimum absolute atomic E-state index is 0.688. The van der Waals surface area contributed by atoms with Crippen LogP contribution < -0.4 is 10.6 Å². The molecule has 0 spiro atoms. The highest BCUT2D eigenvalue weighted by molar-refractivity contribution is 5.79. The fraction of sp³-hybridized carbons (Fsp3) is 0.812. The van der Waals surface area contributed by atoms with Gasteiger partial charge in [0.1, 0.15) is 0 Å². The zero-order valence-corrected chi connectivity index (χ0v) is 13.6. The van der Waals surface area contributed by atoms with E-state index in [1.165, 1.54) is 0 Å². The summed E-state index contributed by atoms with van der Waals surface area (Å²) < 4.78 is 11.1. The number of guanidine groups is 1. The predicted molar refractivity (Wildman–Crippen MR) is 87.8 cm³/mol. The Labute approximate surface area is 129 Å². The topological polar surface area (TPSA) is 54.9 Å². The lowest BCUT2D eigenvalue weighted by molar-refractivity contribution is 0.0203. The molecular weight excluding hydrogens is 266 g/mol. The molecule has 1 fully saturated rings. The Bertz CT molecular complexity index is 300. The monoisotopic (exact) mass is 297 g/mol. The molecule has 1 rings (SSSR count). The first kappa shape index (κ1) is 18.0. The van der Waals surface area contributed by atoms with Crippen molar-refractivity contribution in [3.05, 3.63) is 12.2 Å². The van der Waals surface area contributed by atoms with Crippen LogP contribution in [0.1, 0.15) is 32.6 Å².